The summed E-state index contributed by atoms with van der Waals surface area (Å²) in [5.74, 6) is -1.27. The number of benzene rings is 2. The molecule has 142 valence electrons. The van der Waals surface area contributed by atoms with E-state index in [0.717, 1.165) is 4.90 Å². The van der Waals surface area contributed by atoms with Gasteiger partial charge in [0.1, 0.15) is 11.5 Å². The first-order chi connectivity index (χ1) is 14.0. The molecule has 0 spiro atoms. The number of aromatic nitrogens is 3. The molecule has 2 amide bonds. The van der Waals surface area contributed by atoms with E-state index < -0.39 is 17.6 Å². The summed E-state index contributed by atoms with van der Waals surface area (Å²) >= 11 is 6.01. The van der Waals surface area contributed by atoms with E-state index in [1.54, 1.807) is 36.4 Å². The number of halogens is 2. The molecule has 0 atom stereocenters. The standard InChI is InChI=1S/C21H12ClFN4O2/c1-26-20(28)15-10-24-19-17(16(15)21(26)29)18(11-5-7-12(22)8-6-11)25-27(19)14-4-2-3-13(23)9-14/h2-10H,1H3. The highest BCUT2D eigenvalue weighted by Crippen LogP contribution is 2.36. The minimum absolute atomic E-state index is 0.221. The summed E-state index contributed by atoms with van der Waals surface area (Å²) in [5.41, 5.74) is 2.43. The summed E-state index contributed by atoms with van der Waals surface area (Å²) < 4.78 is 15.3. The van der Waals surface area contributed by atoms with Gasteiger partial charge in [-0.25, -0.2) is 14.1 Å². The quantitative estimate of drug-likeness (QED) is 0.470. The SMILES string of the molecule is CN1C(=O)c2cnc3c(c(-c4ccc(Cl)cc4)nn3-c3cccc(F)c3)c2C1=O. The predicted octanol–water partition coefficient (Wildman–Crippen LogP) is 4.11. The maximum absolute atomic E-state index is 13.8. The Balaban J connectivity index is 1.89. The molecule has 0 bridgehead atoms. The van der Waals surface area contributed by atoms with Crippen molar-refractivity contribution in [3.63, 3.8) is 0 Å². The highest BCUT2D eigenvalue weighted by atomic mass is 35.5. The van der Waals surface area contributed by atoms with E-state index in [1.807, 2.05) is 0 Å². The molecule has 3 heterocycles. The molecule has 4 aromatic rings. The van der Waals surface area contributed by atoms with E-state index in [9.17, 15) is 14.0 Å². The largest absolute Gasteiger partial charge is 0.277 e. The zero-order valence-electron chi connectivity index (χ0n) is 15.1. The molecule has 2 aromatic heterocycles. The fourth-order valence-electron chi connectivity index (χ4n) is 3.51. The van der Waals surface area contributed by atoms with E-state index >= 15 is 0 Å². The molecule has 1 aliphatic rings. The minimum atomic E-state index is -0.425. The van der Waals surface area contributed by atoms with Crippen LogP contribution in [0.2, 0.25) is 5.02 Å². The Hall–Kier alpha value is -3.58. The molecule has 6 nitrogen and oxygen atoms in total. The number of nitrogens with zero attached hydrogens (tertiary/aromatic N) is 4. The van der Waals surface area contributed by atoms with Crippen LogP contribution in [0.25, 0.3) is 28.0 Å². The first kappa shape index (κ1) is 17.5. The van der Waals surface area contributed by atoms with E-state index in [-0.39, 0.29) is 11.1 Å². The number of amides is 2. The van der Waals surface area contributed by atoms with Crippen molar-refractivity contribution >= 4 is 34.4 Å². The normalized spacial score (nSPS) is 13.4. The molecule has 0 unspecified atom stereocenters. The van der Waals surface area contributed by atoms with Gasteiger partial charge in [-0.2, -0.15) is 5.10 Å². The average molecular weight is 407 g/mol. The Morgan fingerprint density at radius 2 is 1.79 bits per heavy atom. The van der Waals surface area contributed by atoms with Gasteiger partial charge in [-0.05, 0) is 30.3 Å². The molecule has 0 saturated heterocycles. The molecule has 29 heavy (non-hydrogen) atoms. The van der Waals surface area contributed by atoms with Gasteiger partial charge in [0.2, 0.25) is 0 Å². The van der Waals surface area contributed by atoms with Gasteiger partial charge in [-0.15, -0.1) is 0 Å². The molecule has 0 fully saturated rings. The first-order valence-corrected chi connectivity index (χ1v) is 9.09. The second-order valence-corrected chi connectivity index (χ2v) is 7.10. The maximum Gasteiger partial charge on any atom is 0.262 e. The van der Waals surface area contributed by atoms with Crippen LogP contribution in [-0.2, 0) is 0 Å². The lowest BCUT2D eigenvalue weighted by atomic mass is 10.0. The van der Waals surface area contributed by atoms with E-state index in [4.69, 9.17) is 11.6 Å². The van der Waals surface area contributed by atoms with Gasteiger partial charge < -0.3 is 0 Å². The lowest BCUT2D eigenvalue weighted by molar-refractivity contribution is 0.0693. The van der Waals surface area contributed by atoms with Crippen LogP contribution in [-0.4, -0.2) is 38.5 Å². The van der Waals surface area contributed by atoms with Crippen molar-refractivity contribution in [3.05, 3.63) is 76.7 Å². The molecular weight excluding hydrogens is 395 g/mol. The lowest BCUT2D eigenvalue weighted by Crippen LogP contribution is -2.24. The van der Waals surface area contributed by atoms with Crippen LogP contribution in [0.15, 0.2) is 54.7 Å². The highest BCUT2D eigenvalue weighted by molar-refractivity contribution is 6.30. The molecule has 8 heteroatoms. The second kappa shape index (κ2) is 6.22. The zero-order chi connectivity index (χ0) is 20.3. The third-order valence-electron chi connectivity index (χ3n) is 4.92. The van der Waals surface area contributed by atoms with Crippen molar-refractivity contribution < 1.29 is 14.0 Å². The second-order valence-electron chi connectivity index (χ2n) is 6.66. The van der Waals surface area contributed by atoms with E-state index in [2.05, 4.69) is 10.1 Å². The fourth-order valence-corrected chi connectivity index (χ4v) is 3.63. The zero-order valence-corrected chi connectivity index (χ0v) is 15.8. The van der Waals surface area contributed by atoms with Crippen LogP contribution in [0, 0.1) is 5.82 Å². The molecule has 0 radical (unpaired) electrons. The van der Waals surface area contributed by atoms with Gasteiger partial charge in [0.25, 0.3) is 11.8 Å². The molecule has 0 saturated carbocycles. The number of fused-ring (bicyclic) bond motifs is 3. The van der Waals surface area contributed by atoms with Crippen LogP contribution in [0.1, 0.15) is 20.7 Å². The smallest absolute Gasteiger partial charge is 0.262 e. The molecule has 5 rings (SSSR count). The summed E-state index contributed by atoms with van der Waals surface area (Å²) in [7, 11) is 1.43. The number of carbonyl (C=O) groups excluding carboxylic acids is 2. The van der Waals surface area contributed by atoms with Crippen molar-refractivity contribution in [2.45, 2.75) is 0 Å². The Morgan fingerprint density at radius 1 is 1.03 bits per heavy atom. The molecule has 2 aromatic carbocycles. The van der Waals surface area contributed by atoms with Gasteiger partial charge in [0.15, 0.2) is 5.65 Å². The van der Waals surface area contributed by atoms with E-state index in [0.29, 0.717) is 33.0 Å². The van der Waals surface area contributed by atoms with Crippen LogP contribution < -0.4 is 0 Å². The van der Waals surface area contributed by atoms with Crippen molar-refractivity contribution in [3.8, 4) is 16.9 Å². The topological polar surface area (TPSA) is 68.1 Å². The fraction of sp³-hybridized carbons (Fsp3) is 0.0476. The van der Waals surface area contributed by atoms with Crippen LogP contribution >= 0.6 is 11.6 Å². The monoisotopic (exact) mass is 406 g/mol. The van der Waals surface area contributed by atoms with Crippen LogP contribution in [0.5, 0.6) is 0 Å². The van der Waals surface area contributed by atoms with Crippen LogP contribution in [0.4, 0.5) is 4.39 Å². The summed E-state index contributed by atoms with van der Waals surface area (Å²) in [4.78, 5) is 30.7. The van der Waals surface area contributed by atoms with Gasteiger partial charge in [0.05, 0.1) is 22.2 Å². The van der Waals surface area contributed by atoms with Gasteiger partial charge in [0, 0.05) is 23.8 Å². The molecular formula is C21H12ClFN4O2. The molecule has 0 aliphatic carbocycles. The Morgan fingerprint density at radius 3 is 2.52 bits per heavy atom. The third kappa shape index (κ3) is 2.55. The summed E-state index contributed by atoms with van der Waals surface area (Å²) in [6, 6.07) is 12.9. The minimum Gasteiger partial charge on any atom is -0.277 e. The van der Waals surface area contributed by atoms with Crippen LogP contribution in [0.3, 0.4) is 0 Å². The summed E-state index contributed by atoms with van der Waals surface area (Å²) in [5, 5.41) is 5.62. The Bertz CT molecular complexity index is 1330. The third-order valence-corrected chi connectivity index (χ3v) is 5.17. The van der Waals surface area contributed by atoms with Gasteiger partial charge in [-0.1, -0.05) is 29.8 Å². The van der Waals surface area contributed by atoms with Gasteiger partial charge >= 0.3 is 0 Å². The molecule has 0 N–H and O–H groups in total. The number of hydrogen-bond acceptors (Lipinski definition) is 4. The highest BCUT2D eigenvalue weighted by Gasteiger charge is 2.37. The van der Waals surface area contributed by atoms with Crippen molar-refractivity contribution in [1.82, 2.24) is 19.7 Å². The van der Waals surface area contributed by atoms with E-state index in [1.165, 1.54) is 30.1 Å². The summed E-state index contributed by atoms with van der Waals surface area (Å²) in [6.07, 6.45) is 1.37. The number of pyridine rings is 1. The lowest BCUT2D eigenvalue weighted by Gasteiger charge is -2.04. The number of rotatable bonds is 2. The average Bonchev–Trinajstić information content (AvgIpc) is 3.20. The molecule has 1 aliphatic heterocycles. The first-order valence-electron chi connectivity index (χ1n) is 8.71. The Kier molecular flexibility index (Phi) is 3.75. The maximum atomic E-state index is 13.8. The van der Waals surface area contributed by atoms with Crippen molar-refractivity contribution in [2.24, 2.45) is 0 Å². The number of imide groups is 1. The summed E-state index contributed by atoms with van der Waals surface area (Å²) in [6.45, 7) is 0. The number of hydrogen-bond donors (Lipinski definition) is 0. The van der Waals surface area contributed by atoms with Crippen molar-refractivity contribution in [1.29, 1.82) is 0 Å². The van der Waals surface area contributed by atoms with Gasteiger partial charge in [-0.3, -0.25) is 14.5 Å². The van der Waals surface area contributed by atoms with Crippen molar-refractivity contribution in [2.75, 3.05) is 7.05 Å². The number of carbonyl (C=O) groups is 2. The Labute approximate surface area is 169 Å². The predicted molar refractivity (Wildman–Crippen MR) is 106 cm³/mol.